The summed E-state index contributed by atoms with van der Waals surface area (Å²) in [6, 6.07) is 10.2. The van der Waals surface area contributed by atoms with Crippen LogP contribution in [0.4, 0.5) is 5.69 Å². The molecule has 0 heterocycles. The number of aromatic carboxylic acids is 1. The highest BCUT2D eigenvalue weighted by Crippen LogP contribution is 2.38. The molecule has 21 heavy (non-hydrogen) atoms. The van der Waals surface area contributed by atoms with Gasteiger partial charge < -0.3 is 5.11 Å². The molecule has 0 radical (unpaired) electrons. The van der Waals surface area contributed by atoms with Crippen LogP contribution in [0.15, 0.2) is 46.2 Å². The predicted octanol–water partition coefficient (Wildman–Crippen LogP) is 4.06. The smallest absolute Gasteiger partial charge is 0.342 e. The maximum absolute atomic E-state index is 11.2. The number of rotatable bonds is 4. The Bertz CT molecular complexity index is 728. The number of benzene rings is 2. The molecule has 1 N–H and O–H groups in total. The van der Waals surface area contributed by atoms with Gasteiger partial charge in [-0.1, -0.05) is 30.0 Å². The van der Waals surface area contributed by atoms with Crippen molar-refractivity contribution in [2.75, 3.05) is 0 Å². The third-order valence-corrected chi connectivity index (χ3v) is 4.18. The van der Waals surface area contributed by atoms with Crippen molar-refractivity contribution in [3.8, 4) is 0 Å². The van der Waals surface area contributed by atoms with Gasteiger partial charge in [-0.3, -0.25) is 10.1 Å². The van der Waals surface area contributed by atoms with Crippen LogP contribution >= 0.6 is 11.8 Å². The Balaban J connectivity index is 2.54. The van der Waals surface area contributed by atoms with E-state index in [1.165, 1.54) is 23.9 Å². The summed E-state index contributed by atoms with van der Waals surface area (Å²) in [6.07, 6.45) is 0. The number of hydrogen-bond donors (Lipinski definition) is 1. The van der Waals surface area contributed by atoms with E-state index in [0.29, 0.717) is 4.90 Å². The van der Waals surface area contributed by atoms with Gasteiger partial charge in [-0.15, -0.1) is 0 Å². The van der Waals surface area contributed by atoms with E-state index in [0.717, 1.165) is 16.0 Å². The van der Waals surface area contributed by atoms with E-state index in [4.69, 9.17) is 5.11 Å². The van der Waals surface area contributed by atoms with Gasteiger partial charge in [0.25, 0.3) is 5.69 Å². The molecule has 5 nitrogen and oxygen atoms in total. The number of aryl methyl sites for hydroxylation is 2. The Labute approximate surface area is 125 Å². The van der Waals surface area contributed by atoms with E-state index in [-0.39, 0.29) is 11.3 Å². The standard InChI is InChI=1S/C15H13NO4S/c1-9-6-7-10(2)13(8-9)21-12-5-3-4-11(15(17)18)14(12)16(19)20/h3-8H,1-2H3,(H,17,18). The van der Waals surface area contributed by atoms with Crippen molar-refractivity contribution >= 4 is 23.4 Å². The first-order valence-corrected chi connectivity index (χ1v) is 6.97. The SMILES string of the molecule is Cc1ccc(C)c(Sc2cccc(C(=O)O)c2[N+](=O)[O-])c1. The summed E-state index contributed by atoms with van der Waals surface area (Å²) >= 11 is 1.21. The molecule has 108 valence electrons. The Morgan fingerprint density at radius 2 is 1.90 bits per heavy atom. The normalized spacial score (nSPS) is 10.4. The van der Waals surface area contributed by atoms with Crippen molar-refractivity contribution in [1.29, 1.82) is 0 Å². The first kappa shape index (κ1) is 15.1. The number of carboxylic acid groups (broad SMARTS) is 1. The molecule has 0 saturated carbocycles. The van der Waals surface area contributed by atoms with Crippen molar-refractivity contribution in [3.63, 3.8) is 0 Å². The molecule has 0 fully saturated rings. The van der Waals surface area contributed by atoms with Crippen molar-refractivity contribution in [3.05, 3.63) is 63.2 Å². The highest BCUT2D eigenvalue weighted by atomic mass is 32.2. The van der Waals surface area contributed by atoms with Crippen LogP contribution < -0.4 is 0 Å². The molecule has 0 amide bonds. The van der Waals surface area contributed by atoms with Crippen LogP contribution in [0.2, 0.25) is 0 Å². The van der Waals surface area contributed by atoms with Crippen molar-refractivity contribution in [2.45, 2.75) is 23.6 Å². The molecule has 0 atom stereocenters. The number of carboxylic acids is 1. The molecule has 0 bridgehead atoms. The lowest BCUT2D eigenvalue weighted by Gasteiger charge is -2.08. The van der Waals surface area contributed by atoms with Gasteiger partial charge in [0.2, 0.25) is 0 Å². The van der Waals surface area contributed by atoms with E-state index in [1.54, 1.807) is 6.07 Å². The van der Waals surface area contributed by atoms with Crippen LogP contribution in [0.5, 0.6) is 0 Å². The van der Waals surface area contributed by atoms with Gasteiger partial charge in [-0.05, 0) is 43.2 Å². The van der Waals surface area contributed by atoms with Gasteiger partial charge in [0, 0.05) is 4.90 Å². The molecular weight excluding hydrogens is 290 g/mol. The average molecular weight is 303 g/mol. The lowest BCUT2D eigenvalue weighted by atomic mass is 10.2. The molecule has 0 aliphatic carbocycles. The molecule has 0 aliphatic heterocycles. The number of nitro groups is 1. The van der Waals surface area contributed by atoms with Gasteiger partial charge in [0.15, 0.2) is 0 Å². The molecular formula is C15H13NO4S. The maximum atomic E-state index is 11.2. The third-order valence-electron chi connectivity index (χ3n) is 2.98. The van der Waals surface area contributed by atoms with Gasteiger partial charge >= 0.3 is 5.97 Å². The number of nitrogens with zero attached hydrogens (tertiary/aromatic N) is 1. The van der Waals surface area contributed by atoms with E-state index in [1.807, 2.05) is 32.0 Å². The fourth-order valence-corrected chi connectivity index (χ4v) is 3.04. The quantitative estimate of drug-likeness (QED) is 0.680. The number of hydrogen-bond acceptors (Lipinski definition) is 4. The van der Waals surface area contributed by atoms with E-state index in [9.17, 15) is 14.9 Å². The maximum Gasteiger partial charge on any atom is 0.342 e. The lowest BCUT2D eigenvalue weighted by Crippen LogP contribution is -2.03. The van der Waals surface area contributed by atoms with E-state index >= 15 is 0 Å². The van der Waals surface area contributed by atoms with E-state index in [2.05, 4.69) is 0 Å². The average Bonchev–Trinajstić information content (AvgIpc) is 2.42. The van der Waals surface area contributed by atoms with Crippen molar-refractivity contribution in [2.24, 2.45) is 0 Å². The molecule has 0 saturated heterocycles. The topological polar surface area (TPSA) is 80.4 Å². The summed E-state index contributed by atoms with van der Waals surface area (Å²) in [5.74, 6) is -1.30. The van der Waals surface area contributed by atoms with Crippen LogP contribution in [0, 0.1) is 24.0 Å². The van der Waals surface area contributed by atoms with Crippen LogP contribution in [-0.4, -0.2) is 16.0 Å². The van der Waals surface area contributed by atoms with Crippen molar-refractivity contribution in [1.82, 2.24) is 0 Å². The highest BCUT2D eigenvalue weighted by Gasteiger charge is 2.24. The number of nitro benzene ring substituents is 1. The van der Waals surface area contributed by atoms with Crippen molar-refractivity contribution < 1.29 is 14.8 Å². The van der Waals surface area contributed by atoms with Gasteiger partial charge in [0.05, 0.1) is 9.82 Å². The monoisotopic (exact) mass is 303 g/mol. The molecule has 0 aromatic heterocycles. The zero-order chi connectivity index (χ0) is 15.6. The second kappa shape index (κ2) is 5.97. The third kappa shape index (κ3) is 3.22. The number of para-hydroxylation sites is 1. The lowest BCUT2D eigenvalue weighted by molar-refractivity contribution is -0.388. The Kier molecular flexibility index (Phi) is 4.28. The predicted molar refractivity (Wildman–Crippen MR) is 80.1 cm³/mol. The Morgan fingerprint density at radius 1 is 1.19 bits per heavy atom. The van der Waals surface area contributed by atoms with Crippen LogP contribution in [0.3, 0.4) is 0 Å². The molecule has 0 unspecified atom stereocenters. The summed E-state index contributed by atoms with van der Waals surface area (Å²) < 4.78 is 0. The minimum absolute atomic E-state index is 0.296. The molecule has 2 rings (SSSR count). The Morgan fingerprint density at radius 3 is 2.52 bits per heavy atom. The molecule has 2 aromatic rings. The summed E-state index contributed by atoms with van der Waals surface area (Å²) in [5.41, 5.74) is 1.37. The number of carbonyl (C=O) groups is 1. The fraction of sp³-hybridized carbons (Fsp3) is 0.133. The van der Waals surface area contributed by atoms with Crippen LogP contribution in [-0.2, 0) is 0 Å². The highest BCUT2D eigenvalue weighted by molar-refractivity contribution is 7.99. The Hall–Kier alpha value is -2.34. The van der Waals surface area contributed by atoms with Gasteiger partial charge in [-0.2, -0.15) is 0 Å². The second-order valence-electron chi connectivity index (χ2n) is 4.59. The summed E-state index contributed by atoms with van der Waals surface area (Å²) in [7, 11) is 0. The first-order valence-electron chi connectivity index (χ1n) is 6.16. The largest absolute Gasteiger partial charge is 0.477 e. The van der Waals surface area contributed by atoms with E-state index < -0.39 is 10.9 Å². The minimum atomic E-state index is -1.30. The minimum Gasteiger partial charge on any atom is -0.477 e. The molecule has 2 aromatic carbocycles. The van der Waals surface area contributed by atoms with Crippen LogP contribution in [0.1, 0.15) is 21.5 Å². The molecule has 0 spiro atoms. The summed E-state index contributed by atoms with van der Waals surface area (Å²) in [4.78, 5) is 22.9. The summed E-state index contributed by atoms with van der Waals surface area (Å²) in [6.45, 7) is 3.85. The molecule has 6 heteroatoms. The summed E-state index contributed by atoms with van der Waals surface area (Å²) in [5, 5.41) is 20.3. The van der Waals surface area contributed by atoms with Gasteiger partial charge in [-0.25, -0.2) is 4.79 Å². The van der Waals surface area contributed by atoms with Gasteiger partial charge in [0.1, 0.15) is 5.56 Å². The second-order valence-corrected chi connectivity index (χ2v) is 5.67. The zero-order valence-corrected chi connectivity index (χ0v) is 12.3. The van der Waals surface area contributed by atoms with Crippen LogP contribution in [0.25, 0.3) is 0 Å². The zero-order valence-electron chi connectivity index (χ0n) is 11.5. The molecule has 0 aliphatic rings. The fourth-order valence-electron chi connectivity index (χ4n) is 1.90. The first-order chi connectivity index (χ1) is 9.90.